The van der Waals surface area contributed by atoms with Crippen LogP contribution in [0.2, 0.25) is 0 Å². The van der Waals surface area contributed by atoms with Gasteiger partial charge in [0.15, 0.2) is 17.2 Å². The van der Waals surface area contributed by atoms with Gasteiger partial charge in [0.1, 0.15) is 5.01 Å². The van der Waals surface area contributed by atoms with Crippen LogP contribution in [0.25, 0.3) is 10.6 Å². The summed E-state index contributed by atoms with van der Waals surface area (Å²) in [5, 5.41) is 20.4. The number of nitrogens with zero attached hydrogens (tertiary/aromatic N) is 1. The van der Waals surface area contributed by atoms with Crippen LogP contribution in [0, 0.1) is 0 Å². The highest BCUT2D eigenvalue weighted by Gasteiger charge is 2.11. The number of aromatic carboxylic acids is 1. The van der Waals surface area contributed by atoms with E-state index in [1.807, 2.05) is 0 Å². The van der Waals surface area contributed by atoms with Gasteiger partial charge in [0.25, 0.3) is 0 Å². The lowest BCUT2D eigenvalue weighted by Gasteiger charge is -2.03. The third kappa shape index (κ3) is 2.21. The van der Waals surface area contributed by atoms with E-state index >= 15 is 0 Å². The number of carboxylic acid groups (broad SMARTS) is 1. The van der Waals surface area contributed by atoms with Gasteiger partial charge in [-0.2, -0.15) is 0 Å². The first-order chi connectivity index (χ1) is 8.11. The van der Waals surface area contributed by atoms with Crippen LogP contribution in [0.15, 0.2) is 23.6 Å². The van der Waals surface area contributed by atoms with Crippen molar-refractivity contribution in [2.75, 3.05) is 7.11 Å². The first-order valence-electron chi connectivity index (χ1n) is 4.68. The van der Waals surface area contributed by atoms with E-state index in [9.17, 15) is 9.90 Å². The fourth-order valence-corrected chi connectivity index (χ4v) is 2.12. The van der Waals surface area contributed by atoms with Gasteiger partial charge in [-0.3, -0.25) is 0 Å². The number of hydrogen-bond acceptors (Lipinski definition) is 5. The van der Waals surface area contributed by atoms with Crippen molar-refractivity contribution in [3.8, 4) is 22.1 Å². The Hall–Kier alpha value is -2.08. The Kier molecular flexibility index (Phi) is 2.97. The second-order valence-electron chi connectivity index (χ2n) is 3.23. The number of carbonyl (C=O) groups is 1. The van der Waals surface area contributed by atoms with Crippen molar-refractivity contribution < 1.29 is 19.7 Å². The van der Waals surface area contributed by atoms with Crippen molar-refractivity contribution in [3.63, 3.8) is 0 Å². The van der Waals surface area contributed by atoms with Crippen LogP contribution >= 0.6 is 11.3 Å². The number of ether oxygens (including phenoxy) is 1. The van der Waals surface area contributed by atoms with E-state index < -0.39 is 5.97 Å². The van der Waals surface area contributed by atoms with Crippen LogP contribution in [-0.2, 0) is 0 Å². The van der Waals surface area contributed by atoms with Crippen molar-refractivity contribution in [2.45, 2.75) is 0 Å². The molecule has 88 valence electrons. The Morgan fingerprint density at radius 1 is 1.47 bits per heavy atom. The maximum absolute atomic E-state index is 10.7. The maximum atomic E-state index is 10.7. The quantitative estimate of drug-likeness (QED) is 0.874. The molecule has 5 nitrogen and oxygen atoms in total. The third-order valence-electron chi connectivity index (χ3n) is 2.15. The summed E-state index contributed by atoms with van der Waals surface area (Å²) in [6, 6.07) is 4.80. The number of benzene rings is 1. The zero-order valence-corrected chi connectivity index (χ0v) is 9.69. The summed E-state index contributed by atoms with van der Waals surface area (Å²) in [5.41, 5.74) is 0.654. The van der Waals surface area contributed by atoms with E-state index in [0.29, 0.717) is 16.3 Å². The van der Waals surface area contributed by atoms with Crippen LogP contribution in [0.3, 0.4) is 0 Å². The average Bonchev–Trinajstić information content (AvgIpc) is 2.78. The first kappa shape index (κ1) is 11.4. The Morgan fingerprint density at radius 3 is 2.76 bits per heavy atom. The molecule has 0 fully saturated rings. The molecule has 0 atom stereocenters. The number of methoxy groups -OCH3 is 1. The molecule has 6 heteroatoms. The van der Waals surface area contributed by atoms with Crippen LogP contribution in [0.5, 0.6) is 11.5 Å². The van der Waals surface area contributed by atoms with Gasteiger partial charge in [-0.15, -0.1) is 11.3 Å². The lowest BCUT2D eigenvalue weighted by Crippen LogP contribution is -1.95. The number of phenolic OH excluding ortho intramolecular Hbond substituents is 1. The predicted octanol–water partition coefficient (Wildman–Crippen LogP) is 2.22. The standard InChI is InChI=1S/C11H9NO4S/c1-16-9-3-2-6(4-8(9)13)10-12-7(5-17-10)11(14)15/h2-5,13H,1H3,(H,14,15). The summed E-state index contributed by atoms with van der Waals surface area (Å²) in [4.78, 5) is 14.6. The molecule has 2 rings (SSSR count). The molecule has 0 aliphatic heterocycles. The van der Waals surface area contributed by atoms with E-state index in [-0.39, 0.29) is 11.4 Å². The average molecular weight is 251 g/mol. The molecule has 0 bridgehead atoms. The molecule has 1 aromatic heterocycles. The first-order valence-corrected chi connectivity index (χ1v) is 5.56. The smallest absolute Gasteiger partial charge is 0.355 e. The van der Waals surface area contributed by atoms with E-state index in [0.717, 1.165) is 0 Å². The van der Waals surface area contributed by atoms with Gasteiger partial charge in [0, 0.05) is 10.9 Å². The topological polar surface area (TPSA) is 79.7 Å². The summed E-state index contributed by atoms with van der Waals surface area (Å²) in [6.45, 7) is 0. The molecular weight excluding hydrogens is 242 g/mol. The van der Waals surface area contributed by atoms with Crippen LogP contribution in [0.4, 0.5) is 0 Å². The highest BCUT2D eigenvalue weighted by molar-refractivity contribution is 7.13. The SMILES string of the molecule is COc1ccc(-c2nc(C(=O)O)cs2)cc1O. The van der Waals surface area contributed by atoms with Gasteiger partial charge in [0.05, 0.1) is 7.11 Å². The van der Waals surface area contributed by atoms with Crippen molar-refractivity contribution in [3.05, 3.63) is 29.3 Å². The number of rotatable bonds is 3. The number of aromatic hydroxyl groups is 1. The minimum atomic E-state index is -1.06. The lowest BCUT2D eigenvalue weighted by atomic mass is 10.2. The molecule has 0 saturated heterocycles. The summed E-state index contributed by atoms with van der Waals surface area (Å²) in [5.74, 6) is -0.703. The zero-order chi connectivity index (χ0) is 12.4. The molecular formula is C11H9NO4S. The molecule has 17 heavy (non-hydrogen) atoms. The minimum Gasteiger partial charge on any atom is -0.504 e. The number of phenols is 1. The monoisotopic (exact) mass is 251 g/mol. The molecule has 0 saturated carbocycles. The molecule has 0 radical (unpaired) electrons. The van der Waals surface area contributed by atoms with Gasteiger partial charge in [-0.25, -0.2) is 9.78 Å². The van der Waals surface area contributed by atoms with E-state index in [2.05, 4.69) is 4.98 Å². The van der Waals surface area contributed by atoms with E-state index in [1.165, 1.54) is 29.9 Å². The molecule has 0 aliphatic carbocycles. The molecule has 2 aromatic rings. The number of aromatic nitrogens is 1. The van der Waals surface area contributed by atoms with Gasteiger partial charge in [-0.1, -0.05) is 0 Å². The third-order valence-corrected chi connectivity index (χ3v) is 3.04. The fraction of sp³-hybridized carbons (Fsp3) is 0.0909. The summed E-state index contributed by atoms with van der Waals surface area (Å²) in [7, 11) is 1.46. The highest BCUT2D eigenvalue weighted by atomic mass is 32.1. The molecule has 0 unspecified atom stereocenters. The molecule has 0 aliphatic rings. The van der Waals surface area contributed by atoms with Crippen molar-refractivity contribution >= 4 is 17.3 Å². The van der Waals surface area contributed by atoms with E-state index in [4.69, 9.17) is 9.84 Å². The summed E-state index contributed by atoms with van der Waals surface area (Å²) >= 11 is 1.21. The predicted molar refractivity (Wildman–Crippen MR) is 62.7 cm³/mol. The zero-order valence-electron chi connectivity index (χ0n) is 8.88. The Labute approximate surface area is 101 Å². The van der Waals surface area contributed by atoms with E-state index in [1.54, 1.807) is 12.1 Å². The van der Waals surface area contributed by atoms with Crippen molar-refractivity contribution in [2.24, 2.45) is 0 Å². The fourth-order valence-electron chi connectivity index (χ4n) is 1.33. The normalized spacial score (nSPS) is 10.2. The van der Waals surface area contributed by atoms with Gasteiger partial charge in [0.2, 0.25) is 0 Å². The second kappa shape index (κ2) is 4.42. The summed E-state index contributed by atoms with van der Waals surface area (Å²) in [6.07, 6.45) is 0. The van der Waals surface area contributed by atoms with Crippen LogP contribution in [0.1, 0.15) is 10.5 Å². The highest BCUT2D eigenvalue weighted by Crippen LogP contribution is 2.32. The summed E-state index contributed by atoms with van der Waals surface area (Å²) < 4.78 is 4.92. The Bertz CT molecular complexity index is 564. The number of carboxylic acids is 1. The van der Waals surface area contributed by atoms with Gasteiger partial charge in [-0.05, 0) is 18.2 Å². The minimum absolute atomic E-state index is 0.000285. The Morgan fingerprint density at radius 2 is 2.24 bits per heavy atom. The molecule has 1 heterocycles. The van der Waals surface area contributed by atoms with Crippen LogP contribution in [-0.4, -0.2) is 28.3 Å². The van der Waals surface area contributed by atoms with Gasteiger partial charge < -0.3 is 14.9 Å². The molecule has 2 N–H and O–H groups in total. The molecule has 0 spiro atoms. The largest absolute Gasteiger partial charge is 0.504 e. The number of thiazole rings is 1. The van der Waals surface area contributed by atoms with Crippen molar-refractivity contribution in [1.29, 1.82) is 0 Å². The molecule has 0 amide bonds. The molecule has 1 aromatic carbocycles. The number of hydrogen-bond donors (Lipinski definition) is 2. The van der Waals surface area contributed by atoms with Crippen molar-refractivity contribution in [1.82, 2.24) is 4.98 Å². The second-order valence-corrected chi connectivity index (χ2v) is 4.09. The maximum Gasteiger partial charge on any atom is 0.355 e. The Balaban J connectivity index is 2.39. The van der Waals surface area contributed by atoms with Gasteiger partial charge >= 0.3 is 5.97 Å². The lowest BCUT2D eigenvalue weighted by molar-refractivity contribution is 0.0691. The van der Waals surface area contributed by atoms with Crippen LogP contribution < -0.4 is 4.74 Å².